The van der Waals surface area contributed by atoms with E-state index < -0.39 is 0 Å². The molecule has 0 spiro atoms. The maximum Gasteiger partial charge on any atom is 0.263 e. The number of carbonyl (C=O) groups excluding carboxylic acids is 2. The smallest absolute Gasteiger partial charge is 0.263 e. The van der Waals surface area contributed by atoms with Crippen LogP contribution in [0.1, 0.15) is 34.2 Å². The minimum atomic E-state index is -0.228. The van der Waals surface area contributed by atoms with E-state index in [0.717, 1.165) is 0 Å². The van der Waals surface area contributed by atoms with Gasteiger partial charge in [0.15, 0.2) is 0 Å². The Kier molecular flexibility index (Phi) is 6.99. The van der Waals surface area contributed by atoms with Crippen molar-refractivity contribution in [3.63, 3.8) is 0 Å². The fourth-order valence-corrected chi connectivity index (χ4v) is 3.44. The van der Waals surface area contributed by atoms with E-state index in [2.05, 4.69) is 15.6 Å². The number of anilines is 1. The first-order valence-corrected chi connectivity index (χ1v) is 9.37. The molecule has 0 aliphatic heterocycles. The van der Waals surface area contributed by atoms with Crippen molar-refractivity contribution < 1.29 is 14.3 Å². The molecule has 0 aliphatic rings. The summed E-state index contributed by atoms with van der Waals surface area (Å²) in [7, 11) is 1.53. The van der Waals surface area contributed by atoms with Gasteiger partial charge in [-0.3, -0.25) is 9.59 Å². The van der Waals surface area contributed by atoms with Crippen molar-refractivity contribution in [2.24, 2.45) is 5.92 Å². The molecular formula is C18H22ClN3O3S. The van der Waals surface area contributed by atoms with Gasteiger partial charge in [-0.25, -0.2) is 4.98 Å². The monoisotopic (exact) mass is 395 g/mol. The van der Waals surface area contributed by atoms with Gasteiger partial charge in [-0.1, -0.05) is 25.4 Å². The summed E-state index contributed by atoms with van der Waals surface area (Å²) in [5.41, 5.74) is 1.20. The molecule has 2 aromatic rings. The lowest BCUT2D eigenvalue weighted by molar-refractivity contribution is -0.115. The molecule has 2 amide bonds. The molecule has 0 bridgehead atoms. The number of amides is 2. The number of benzene rings is 1. The fraction of sp³-hybridized carbons (Fsp3) is 0.389. The Morgan fingerprint density at radius 1 is 1.35 bits per heavy atom. The third-order valence-corrected chi connectivity index (χ3v) is 4.92. The first-order chi connectivity index (χ1) is 12.3. The summed E-state index contributed by atoms with van der Waals surface area (Å²) < 4.78 is 5.08. The molecule has 1 heterocycles. The number of carbonyl (C=O) groups is 2. The van der Waals surface area contributed by atoms with Gasteiger partial charge in [0, 0.05) is 12.2 Å². The van der Waals surface area contributed by atoms with Crippen molar-refractivity contribution in [2.45, 2.75) is 27.2 Å². The van der Waals surface area contributed by atoms with E-state index in [-0.39, 0.29) is 18.2 Å². The van der Waals surface area contributed by atoms with Crippen LogP contribution in [0.25, 0.3) is 0 Å². The molecule has 0 atom stereocenters. The Labute approximate surface area is 161 Å². The van der Waals surface area contributed by atoms with Crippen LogP contribution in [0.4, 0.5) is 5.69 Å². The molecule has 26 heavy (non-hydrogen) atoms. The molecule has 0 aliphatic carbocycles. The minimum Gasteiger partial charge on any atom is -0.495 e. The van der Waals surface area contributed by atoms with Gasteiger partial charge in [-0.2, -0.15) is 0 Å². The first kappa shape index (κ1) is 20.2. The Morgan fingerprint density at radius 3 is 2.69 bits per heavy atom. The molecule has 2 rings (SSSR count). The van der Waals surface area contributed by atoms with Crippen LogP contribution in [0.3, 0.4) is 0 Å². The summed E-state index contributed by atoms with van der Waals surface area (Å²) in [6, 6.07) is 5.01. The number of ether oxygens (including phenoxy) is 1. The van der Waals surface area contributed by atoms with Gasteiger partial charge in [0.1, 0.15) is 15.6 Å². The molecule has 1 aromatic heterocycles. The highest BCUT2D eigenvalue weighted by molar-refractivity contribution is 7.13. The zero-order valence-electron chi connectivity index (χ0n) is 15.2. The van der Waals surface area contributed by atoms with Gasteiger partial charge in [-0.15, -0.1) is 11.3 Å². The Bertz CT molecular complexity index is 805. The number of aryl methyl sites for hydroxylation is 1. The van der Waals surface area contributed by atoms with E-state index in [4.69, 9.17) is 16.3 Å². The van der Waals surface area contributed by atoms with Gasteiger partial charge >= 0.3 is 0 Å². The summed E-state index contributed by atoms with van der Waals surface area (Å²) in [5.74, 6) is 0.530. The number of thiazole rings is 1. The quantitative estimate of drug-likeness (QED) is 0.749. The Hall–Kier alpha value is -2.12. The second-order valence-electron chi connectivity index (χ2n) is 6.20. The van der Waals surface area contributed by atoms with E-state index in [1.807, 2.05) is 13.8 Å². The topological polar surface area (TPSA) is 80.3 Å². The molecular weight excluding hydrogens is 374 g/mol. The molecule has 0 radical (unpaired) electrons. The maximum atomic E-state index is 12.2. The molecule has 6 nitrogen and oxygen atoms in total. The SMILES string of the molecule is COc1ccc(NC(=O)Cc2nc(C)c(C(=O)NCC(C)C)s2)cc1Cl. The van der Waals surface area contributed by atoms with Crippen molar-refractivity contribution in [3.05, 3.63) is 38.8 Å². The molecule has 140 valence electrons. The third kappa shape index (κ3) is 5.44. The van der Waals surface area contributed by atoms with Gasteiger partial charge in [-0.05, 0) is 31.0 Å². The zero-order valence-corrected chi connectivity index (χ0v) is 16.8. The average Bonchev–Trinajstić information content (AvgIpc) is 2.93. The summed E-state index contributed by atoms with van der Waals surface area (Å²) >= 11 is 7.29. The van der Waals surface area contributed by atoms with Crippen LogP contribution in [-0.2, 0) is 11.2 Å². The molecule has 0 fully saturated rings. The summed E-state index contributed by atoms with van der Waals surface area (Å²) in [6.07, 6.45) is 0.0899. The summed E-state index contributed by atoms with van der Waals surface area (Å²) in [6.45, 7) is 6.43. The number of hydrogen-bond donors (Lipinski definition) is 2. The van der Waals surface area contributed by atoms with Crippen LogP contribution < -0.4 is 15.4 Å². The van der Waals surface area contributed by atoms with Gasteiger partial charge in [0.05, 0.1) is 24.2 Å². The lowest BCUT2D eigenvalue weighted by Crippen LogP contribution is -2.27. The van der Waals surface area contributed by atoms with E-state index in [1.165, 1.54) is 18.4 Å². The molecule has 1 aromatic carbocycles. The lowest BCUT2D eigenvalue weighted by Gasteiger charge is -2.07. The second-order valence-corrected chi connectivity index (χ2v) is 7.69. The van der Waals surface area contributed by atoms with E-state index in [0.29, 0.717) is 44.5 Å². The first-order valence-electron chi connectivity index (χ1n) is 8.18. The number of hydrogen-bond acceptors (Lipinski definition) is 5. The molecule has 0 saturated heterocycles. The maximum absolute atomic E-state index is 12.2. The van der Waals surface area contributed by atoms with Crippen molar-refractivity contribution in [2.75, 3.05) is 19.0 Å². The van der Waals surface area contributed by atoms with Crippen LogP contribution in [0.5, 0.6) is 5.75 Å². The Balaban J connectivity index is 2.00. The zero-order chi connectivity index (χ0) is 19.3. The highest BCUT2D eigenvalue weighted by atomic mass is 35.5. The number of aromatic nitrogens is 1. The summed E-state index contributed by atoms with van der Waals surface area (Å²) in [4.78, 5) is 29.3. The van der Waals surface area contributed by atoms with Crippen LogP contribution in [-0.4, -0.2) is 30.5 Å². The van der Waals surface area contributed by atoms with Crippen molar-refractivity contribution in [3.8, 4) is 5.75 Å². The van der Waals surface area contributed by atoms with Crippen LogP contribution >= 0.6 is 22.9 Å². The largest absolute Gasteiger partial charge is 0.495 e. The van der Waals surface area contributed by atoms with Crippen LogP contribution in [0.15, 0.2) is 18.2 Å². The molecule has 0 saturated carbocycles. The number of nitrogens with one attached hydrogen (secondary N) is 2. The van der Waals surface area contributed by atoms with Crippen LogP contribution in [0.2, 0.25) is 5.02 Å². The van der Waals surface area contributed by atoms with Gasteiger partial charge in [0.2, 0.25) is 5.91 Å². The number of halogens is 1. The Morgan fingerprint density at radius 2 is 2.08 bits per heavy atom. The predicted molar refractivity (Wildman–Crippen MR) is 104 cm³/mol. The standard InChI is InChI=1S/C18H22ClN3O3S/c1-10(2)9-20-18(24)17-11(3)21-16(26-17)8-15(23)22-12-5-6-14(25-4)13(19)7-12/h5-7,10H,8-9H2,1-4H3,(H,20,24)(H,22,23). The molecule has 0 unspecified atom stereocenters. The summed E-state index contributed by atoms with van der Waals surface area (Å²) in [5, 5.41) is 6.64. The van der Waals surface area contributed by atoms with Crippen molar-refractivity contribution in [1.82, 2.24) is 10.3 Å². The second kappa shape index (κ2) is 9.00. The average molecular weight is 396 g/mol. The fourth-order valence-electron chi connectivity index (χ4n) is 2.20. The highest BCUT2D eigenvalue weighted by Crippen LogP contribution is 2.27. The van der Waals surface area contributed by atoms with Gasteiger partial charge < -0.3 is 15.4 Å². The van der Waals surface area contributed by atoms with E-state index >= 15 is 0 Å². The lowest BCUT2D eigenvalue weighted by atomic mass is 10.2. The number of nitrogens with zero attached hydrogens (tertiary/aromatic N) is 1. The van der Waals surface area contributed by atoms with E-state index in [1.54, 1.807) is 25.1 Å². The van der Waals surface area contributed by atoms with Gasteiger partial charge in [0.25, 0.3) is 5.91 Å². The third-order valence-electron chi connectivity index (χ3n) is 3.47. The number of rotatable bonds is 7. The highest BCUT2D eigenvalue weighted by Gasteiger charge is 2.17. The van der Waals surface area contributed by atoms with Crippen molar-refractivity contribution >= 4 is 40.4 Å². The van der Waals surface area contributed by atoms with Crippen LogP contribution in [0, 0.1) is 12.8 Å². The normalized spacial score (nSPS) is 10.7. The van der Waals surface area contributed by atoms with Crippen molar-refractivity contribution in [1.29, 1.82) is 0 Å². The molecule has 8 heteroatoms. The minimum absolute atomic E-state index is 0.0899. The predicted octanol–water partition coefficient (Wildman–Crippen LogP) is 3.68. The number of methoxy groups -OCH3 is 1. The molecule has 2 N–H and O–H groups in total. The van der Waals surface area contributed by atoms with E-state index in [9.17, 15) is 9.59 Å².